The lowest BCUT2D eigenvalue weighted by atomic mass is 10.1. The molecule has 0 unspecified atom stereocenters. The van der Waals surface area contributed by atoms with Gasteiger partial charge in [-0.2, -0.15) is 0 Å². The predicted molar refractivity (Wildman–Crippen MR) is 87.7 cm³/mol. The molecule has 24 heavy (non-hydrogen) atoms. The lowest BCUT2D eigenvalue weighted by Crippen LogP contribution is -2.45. The van der Waals surface area contributed by atoms with Crippen molar-refractivity contribution in [2.45, 2.75) is 0 Å². The van der Waals surface area contributed by atoms with Gasteiger partial charge in [0.05, 0.1) is 18.0 Å². The summed E-state index contributed by atoms with van der Waals surface area (Å²) < 4.78 is 20.1. The molecule has 1 saturated heterocycles. The number of carbonyl (C=O) groups is 1. The molecule has 0 saturated carbocycles. The number of aromatic carboxylic acids is 1. The second kappa shape index (κ2) is 6.12. The standard InChI is InChI=1S/C16H18FN3O4/c1-19-3-5-20(6-4-19)13-11(17)7-9-12(15(13)24-2)18-8-10(14(9)21)16(22)23/h7-8H,3-6H2,1-2H3,(H,18,21)(H,22,23). The van der Waals surface area contributed by atoms with Gasteiger partial charge in [0.1, 0.15) is 11.3 Å². The highest BCUT2D eigenvalue weighted by molar-refractivity contribution is 5.96. The number of nitrogens with one attached hydrogen (secondary N) is 1. The number of methoxy groups -OCH3 is 1. The van der Waals surface area contributed by atoms with E-state index in [-0.39, 0.29) is 16.8 Å². The van der Waals surface area contributed by atoms with Gasteiger partial charge in [0.15, 0.2) is 11.6 Å². The third-order valence-corrected chi connectivity index (χ3v) is 4.31. The zero-order valence-electron chi connectivity index (χ0n) is 13.4. The van der Waals surface area contributed by atoms with Crippen LogP contribution in [0, 0.1) is 5.82 Å². The van der Waals surface area contributed by atoms with Crippen LogP contribution in [0.25, 0.3) is 10.9 Å². The highest BCUT2D eigenvalue weighted by atomic mass is 19.1. The molecule has 0 amide bonds. The van der Waals surface area contributed by atoms with E-state index in [1.807, 2.05) is 11.9 Å². The first-order valence-corrected chi connectivity index (χ1v) is 7.52. The fourth-order valence-electron chi connectivity index (χ4n) is 2.98. The minimum absolute atomic E-state index is 0.0397. The average Bonchev–Trinajstić information content (AvgIpc) is 2.55. The molecule has 2 heterocycles. The molecule has 1 aliphatic heterocycles. The monoisotopic (exact) mass is 335 g/mol. The largest absolute Gasteiger partial charge is 0.492 e. The third kappa shape index (κ3) is 2.58. The molecule has 0 radical (unpaired) electrons. The summed E-state index contributed by atoms with van der Waals surface area (Å²) in [6.07, 6.45) is 1.11. The second-order valence-electron chi connectivity index (χ2n) is 5.79. The van der Waals surface area contributed by atoms with Gasteiger partial charge in [-0.1, -0.05) is 0 Å². The maximum absolute atomic E-state index is 14.7. The molecular weight excluding hydrogens is 317 g/mol. The Morgan fingerprint density at radius 1 is 1.33 bits per heavy atom. The maximum Gasteiger partial charge on any atom is 0.341 e. The van der Waals surface area contributed by atoms with Crippen molar-refractivity contribution >= 4 is 22.6 Å². The molecule has 3 rings (SSSR count). The number of piperazine rings is 1. The van der Waals surface area contributed by atoms with E-state index < -0.39 is 22.8 Å². The molecule has 8 heteroatoms. The molecule has 0 bridgehead atoms. The minimum Gasteiger partial charge on any atom is -0.492 e. The predicted octanol–water partition coefficient (Wildman–Crippen LogP) is 1.13. The Hall–Kier alpha value is -2.61. The van der Waals surface area contributed by atoms with Crippen LogP contribution in [0.15, 0.2) is 17.1 Å². The number of likely N-dealkylation sites (N-methyl/N-ethyl adjacent to an activating group) is 1. The van der Waals surface area contributed by atoms with Gasteiger partial charge in [0.2, 0.25) is 5.43 Å². The lowest BCUT2D eigenvalue weighted by molar-refractivity contribution is 0.0695. The number of ether oxygens (including phenoxy) is 1. The van der Waals surface area contributed by atoms with Gasteiger partial charge >= 0.3 is 5.97 Å². The fraction of sp³-hybridized carbons (Fsp3) is 0.375. The SMILES string of the molecule is COc1c(N2CCN(C)CC2)c(F)cc2c(=O)c(C(=O)O)c[nH]c12. The van der Waals surface area contributed by atoms with Crippen LogP contribution in [0.4, 0.5) is 10.1 Å². The van der Waals surface area contributed by atoms with Crippen LogP contribution >= 0.6 is 0 Å². The van der Waals surface area contributed by atoms with Crippen LogP contribution in [0.3, 0.4) is 0 Å². The van der Waals surface area contributed by atoms with Crippen molar-refractivity contribution in [2.24, 2.45) is 0 Å². The Morgan fingerprint density at radius 3 is 2.58 bits per heavy atom. The Bertz CT molecular complexity index is 857. The van der Waals surface area contributed by atoms with E-state index in [1.165, 1.54) is 7.11 Å². The quantitative estimate of drug-likeness (QED) is 0.874. The first-order chi connectivity index (χ1) is 11.4. The van der Waals surface area contributed by atoms with Crippen molar-refractivity contribution in [3.05, 3.63) is 33.9 Å². The van der Waals surface area contributed by atoms with E-state index >= 15 is 0 Å². The molecule has 0 aliphatic carbocycles. The Balaban J connectivity index is 2.21. The van der Waals surface area contributed by atoms with E-state index in [4.69, 9.17) is 9.84 Å². The summed E-state index contributed by atoms with van der Waals surface area (Å²) in [6, 6.07) is 1.08. The number of hydrogen-bond acceptors (Lipinski definition) is 5. The number of carboxylic acid groups (broad SMARTS) is 1. The zero-order valence-corrected chi connectivity index (χ0v) is 13.4. The number of anilines is 1. The molecular formula is C16H18FN3O4. The lowest BCUT2D eigenvalue weighted by Gasteiger charge is -2.35. The smallest absolute Gasteiger partial charge is 0.341 e. The second-order valence-corrected chi connectivity index (χ2v) is 5.79. The minimum atomic E-state index is -1.36. The number of pyridine rings is 1. The number of rotatable bonds is 3. The fourth-order valence-corrected chi connectivity index (χ4v) is 2.98. The van der Waals surface area contributed by atoms with E-state index in [0.29, 0.717) is 18.6 Å². The number of carboxylic acids is 1. The van der Waals surface area contributed by atoms with E-state index in [9.17, 15) is 14.0 Å². The number of aromatic amines is 1. The van der Waals surface area contributed by atoms with E-state index in [1.54, 1.807) is 0 Å². The van der Waals surface area contributed by atoms with Crippen molar-refractivity contribution < 1.29 is 19.0 Å². The van der Waals surface area contributed by atoms with Crippen LogP contribution in [0.1, 0.15) is 10.4 Å². The molecule has 0 spiro atoms. The molecule has 1 aromatic heterocycles. The van der Waals surface area contributed by atoms with Crippen LogP contribution in [-0.4, -0.2) is 61.3 Å². The van der Waals surface area contributed by atoms with Crippen molar-refractivity contribution in [3.8, 4) is 5.75 Å². The van der Waals surface area contributed by atoms with Gasteiger partial charge in [-0.3, -0.25) is 4.79 Å². The third-order valence-electron chi connectivity index (χ3n) is 4.31. The average molecular weight is 335 g/mol. The summed E-state index contributed by atoms with van der Waals surface area (Å²) >= 11 is 0. The number of hydrogen-bond donors (Lipinski definition) is 2. The van der Waals surface area contributed by atoms with E-state index in [0.717, 1.165) is 25.4 Å². The maximum atomic E-state index is 14.7. The Labute approximate surface area is 137 Å². The van der Waals surface area contributed by atoms with Crippen LogP contribution in [0.5, 0.6) is 5.75 Å². The van der Waals surface area contributed by atoms with Gasteiger partial charge in [-0.05, 0) is 13.1 Å². The van der Waals surface area contributed by atoms with E-state index in [2.05, 4.69) is 9.88 Å². The van der Waals surface area contributed by atoms with Crippen molar-refractivity contribution in [1.29, 1.82) is 0 Å². The summed E-state index contributed by atoms with van der Waals surface area (Å²) in [4.78, 5) is 30.2. The van der Waals surface area contributed by atoms with Crippen LogP contribution in [-0.2, 0) is 0 Å². The molecule has 1 fully saturated rings. The highest BCUT2D eigenvalue weighted by Gasteiger charge is 2.25. The topological polar surface area (TPSA) is 85.9 Å². The molecule has 128 valence electrons. The summed E-state index contributed by atoms with van der Waals surface area (Å²) in [7, 11) is 3.40. The number of aromatic nitrogens is 1. The molecule has 1 aliphatic rings. The Morgan fingerprint density at radius 2 is 2.00 bits per heavy atom. The summed E-state index contributed by atoms with van der Waals surface area (Å²) in [5.74, 6) is -1.75. The number of halogens is 1. The van der Waals surface area contributed by atoms with Gasteiger partial charge in [-0.25, -0.2) is 9.18 Å². The molecule has 1 aromatic carbocycles. The first kappa shape index (κ1) is 16.3. The van der Waals surface area contributed by atoms with Crippen molar-refractivity contribution in [2.75, 3.05) is 45.2 Å². The highest BCUT2D eigenvalue weighted by Crippen LogP contribution is 2.37. The van der Waals surface area contributed by atoms with Crippen LogP contribution in [0.2, 0.25) is 0 Å². The number of benzene rings is 1. The van der Waals surface area contributed by atoms with Crippen LogP contribution < -0.4 is 15.1 Å². The van der Waals surface area contributed by atoms with Crippen molar-refractivity contribution in [3.63, 3.8) is 0 Å². The number of H-pyrrole nitrogens is 1. The number of nitrogens with zero attached hydrogens (tertiary/aromatic N) is 2. The summed E-state index contributed by atoms with van der Waals surface area (Å²) in [6.45, 7) is 2.84. The molecule has 0 atom stereocenters. The molecule has 7 nitrogen and oxygen atoms in total. The first-order valence-electron chi connectivity index (χ1n) is 7.52. The van der Waals surface area contributed by atoms with Gasteiger partial charge in [0.25, 0.3) is 0 Å². The summed E-state index contributed by atoms with van der Waals surface area (Å²) in [5.41, 5.74) is -0.589. The summed E-state index contributed by atoms with van der Waals surface area (Å²) in [5, 5.41) is 9.01. The van der Waals surface area contributed by atoms with Gasteiger partial charge in [0, 0.05) is 32.4 Å². The Kier molecular flexibility index (Phi) is 4.15. The normalized spacial score (nSPS) is 15.7. The molecule has 2 aromatic rings. The molecule has 2 N–H and O–H groups in total. The number of fused-ring (bicyclic) bond motifs is 1. The van der Waals surface area contributed by atoms with Crippen molar-refractivity contribution in [1.82, 2.24) is 9.88 Å². The van der Waals surface area contributed by atoms with Gasteiger partial charge < -0.3 is 24.6 Å². The zero-order chi connectivity index (χ0) is 17.4. The van der Waals surface area contributed by atoms with Gasteiger partial charge in [-0.15, -0.1) is 0 Å².